The molecule has 0 aliphatic carbocycles. The lowest BCUT2D eigenvalue weighted by atomic mass is 10.1. The normalized spacial score (nSPS) is 18.5. The Morgan fingerprint density at radius 1 is 1.11 bits per heavy atom. The standard InChI is InChI=1S/C21H23ClN6O8/c22-12-3-5-13(6-4-12)23-19(34)20(35)25-26-9-7-16(30)27-8-1-2-15(28(27)21(26)36)18(33)24-14(11-29)10-17(31)32/h3-6,11,14-15H,1-2,7-10H2,(H,23,34)(H,24,33)(H,25,35)(H,31,32)/t14-,15-/m0/s1. The van der Waals surface area contributed by atoms with E-state index in [0.717, 1.165) is 15.0 Å². The number of hydrogen-bond acceptors (Lipinski definition) is 7. The maximum atomic E-state index is 13.3. The van der Waals surface area contributed by atoms with Crippen LogP contribution in [0.25, 0.3) is 0 Å². The Kier molecular flexibility index (Phi) is 8.42. The van der Waals surface area contributed by atoms with Crippen LogP contribution >= 0.6 is 11.6 Å². The van der Waals surface area contributed by atoms with E-state index < -0.39 is 54.1 Å². The van der Waals surface area contributed by atoms with Gasteiger partial charge in [-0.25, -0.2) is 19.8 Å². The summed E-state index contributed by atoms with van der Waals surface area (Å²) in [5.41, 5.74) is 2.43. The summed E-state index contributed by atoms with van der Waals surface area (Å²) < 4.78 is 0. The van der Waals surface area contributed by atoms with E-state index in [9.17, 15) is 33.6 Å². The maximum Gasteiger partial charge on any atom is 0.358 e. The molecule has 2 saturated heterocycles. The lowest BCUT2D eigenvalue weighted by Gasteiger charge is -2.42. The third-order valence-electron chi connectivity index (χ3n) is 5.40. The first-order valence-electron chi connectivity index (χ1n) is 10.9. The number of nitrogens with zero attached hydrogens (tertiary/aromatic N) is 3. The zero-order valence-corrected chi connectivity index (χ0v) is 19.6. The monoisotopic (exact) mass is 522 g/mol. The van der Waals surface area contributed by atoms with Crippen molar-refractivity contribution >= 4 is 59.2 Å². The third-order valence-corrected chi connectivity index (χ3v) is 5.65. The number of carbonyl (C=O) groups is 7. The minimum absolute atomic E-state index is 0.110. The second-order valence-electron chi connectivity index (χ2n) is 7.95. The van der Waals surface area contributed by atoms with Crippen LogP contribution < -0.4 is 16.1 Å². The van der Waals surface area contributed by atoms with Crippen molar-refractivity contribution in [2.75, 3.05) is 18.4 Å². The maximum absolute atomic E-state index is 13.3. The highest BCUT2D eigenvalue weighted by Gasteiger charge is 2.44. The Morgan fingerprint density at radius 3 is 2.44 bits per heavy atom. The molecule has 2 heterocycles. The number of hydrogen-bond donors (Lipinski definition) is 4. The van der Waals surface area contributed by atoms with Gasteiger partial charge in [-0.2, -0.15) is 0 Å². The number of aldehydes is 1. The quantitative estimate of drug-likeness (QED) is 0.272. The number of aliphatic carboxylic acids is 1. The summed E-state index contributed by atoms with van der Waals surface area (Å²) >= 11 is 5.79. The number of hydrazine groups is 2. The van der Waals surface area contributed by atoms with E-state index in [-0.39, 0.29) is 37.9 Å². The second-order valence-corrected chi connectivity index (χ2v) is 8.39. The molecular weight excluding hydrogens is 500 g/mol. The van der Waals surface area contributed by atoms with Crippen LogP contribution in [0, 0.1) is 0 Å². The average molecular weight is 523 g/mol. The zero-order chi connectivity index (χ0) is 26.4. The summed E-state index contributed by atoms with van der Waals surface area (Å²) in [6.07, 6.45) is -0.143. The zero-order valence-electron chi connectivity index (χ0n) is 18.8. The highest BCUT2D eigenvalue weighted by Crippen LogP contribution is 2.24. The molecule has 2 aliphatic rings. The molecule has 1 aromatic carbocycles. The number of fused-ring (bicyclic) bond motifs is 1. The summed E-state index contributed by atoms with van der Waals surface area (Å²) in [5.74, 6) is -4.94. The molecule has 36 heavy (non-hydrogen) atoms. The van der Waals surface area contributed by atoms with Crippen molar-refractivity contribution in [2.45, 2.75) is 37.8 Å². The van der Waals surface area contributed by atoms with Gasteiger partial charge in [-0.1, -0.05) is 11.6 Å². The van der Waals surface area contributed by atoms with Crippen LogP contribution in [-0.4, -0.2) is 87.2 Å². The number of amides is 6. The molecule has 14 nitrogen and oxygen atoms in total. The lowest BCUT2D eigenvalue weighted by Crippen LogP contribution is -2.65. The Bertz CT molecular complexity index is 1080. The van der Waals surface area contributed by atoms with E-state index in [1.807, 2.05) is 0 Å². The Balaban J connectivity index is 1.74. The van der Waals surface area contributed by atoms with Crippen LogP contribution in [0.3, 0.4) is 0 Å². The van der Waals surface area contributed by atoms with Gasteiger partial charge in [0, 0.05) is 23.7 Å². The van der Waals surface area contributed by atoms with Gasteiger partial charge in [0.1, 0.15) is 12.3 Å². The number of carboxylic acid groups (broad SMARTS) is 1. The van der Waals surface area contributed by atoms with Crippen LogP contribution in [0.15, 0.2) is 24.3 Å². The molecule has 2 aliphatic heterocycles. The number of halogens is 1. The topological polar surface area (TPSA) is 186 Å². The number of rotatable bonds is 7. The van der Waals surface area contributed by atoms with Crippen molar-refractivity contribution in [3.05, 3.63) is 29.3 Å². The van der Waals surface area contributed by atoms with Gasteiger partial charge < -0.3 is 20.5 Å². The molecule has 4 N–H and O–H groups in total. The minimum atomic E-state index is -1.34. The average Bonchev–Trinajstić information content (AvgIpc) is 2.96. The number of carbonyl (C=O) groups excluding carboxylic acids is 6. The third kappa shape index (κ3) is 6.27. The summed E-state index contributed by atoms with van der Waals surface area (Å²) in [4.78, 5) is 85.6. The van der Waals surface area contributed by atoms with Crippen molar-refractivity contribution in [3.8, 4) is 0 Å². The van der Waals surface area contributed by atoms with Crippen molar-refractivity contribution < 1.29 is 38.7 Å². The first-order chi connectivity index (χ1) is 17.1. The van der Waals surface area contributed by atoms with E-state index in [4.69, 9.17) is 16.7 Å². The molecule has 2 atom stereocenters. The molecule has 3 rings (SSSR count). The van der Waals surface area contributed by atoms with Gasteiger partial charge in [0.25, 0.3) is 0 Å². The van der Waals surface area contributed by atoms with Crippen LogP contribution in [0.1, 0.15) is 25.7 Å². The van der Waals surface area contributed by atoms with E-state index in [1.165, 1.54) is 24.3 Å². The fourth-order valence-corrected chi connectivity index (χ4v) is 3.84. The number of carboxylic acids is 1. The first kappa shape index (κ1) is 26.4. The van der Waals surface area contributed by atoms with Gasteiger partial charge in [-0.05, 0) is 37.1 Å². The predicted octanol–water partition coefficient (Wildman–Crippen LogP) is -0.498. The number of nitrogens with one attached hydrogen (secondary N) is 3. The van der Waals surface area contributed by atoms with Gasteiger partial charge in [-0.15, -0.1) is 0 Å². The molecule has 0 unspecified atom stereocenters. The molecule has 0 saturated carbocycles. The summed E-state index contributed by atoms with van der Waals surface area (Å²) in [7, 11) is 0. The van der Waals surface area contributed by atoms with E-state index in [2.05, 4.69) is 16.1 Å². The Hall–Kier alpha value is -4.20. The van der Waals surface area contributed by atoms with E-state index in [0.29, 0.717) is 11.4 Å². The van der Waals surface area contributed by atoms with Crippen molar-refractivity contribution in [2.24, 2.45) is 0 Å². The fourth-order valence-electron chi connectivity index (χ4n) is 3.71. The Labute approximate surface area is 209 Å². The van der Waals surface area contributed by atoms with Crippen molar-refractivity contribution in [1.29, 1.82) is 0 Å². The number of anilines is 1. The minimum Gasteiger partial charge on any atom is -0.481 e. The van der Waals surface area contributed by atoms with Crippen molar-refractivity contribution in [3.63, 3.8) is 0 Å². The smallest absolute Gasteiger partial charge is 0.358 e. The summed E-state index contributed by atoms with van der Waals surface area (Å²) in [6, 6.07) is 2.39. The molecule has 1 aromatic rings. The molecule has 0 bridgehead atoms. The van der Waals surface area contributed by atoms with E-state index >= 15 is 0 Å². The van der Waals surface area contributed by atoms with Gasteiger partial charge in [0.15, 0.2) is 0 Å². The van der Waals surface area contributed by atoms with Crippen LogP contribution in [0.5, 0.6) is 0 Å². The SMILES string of the molecule is O=C[C@H](CC(=O)O)NC(=O)[C@@H]1CCCN2C(=O)CCN(NC(=O)C(=O)Nc3ccc(Cl)cc3)C(=O)N12. The van der Waals surface area contributed by atoms with Gasteiger partial charge in [-0.3, -0.25) is 29.4 Å². The van der Waals surface area contributed by atoms with E-state index in [1.54, 1.807) is 0 Å². The highest BCUT2D eigenvalue weighted by molar-refractivity contribution is 6.39. The second kappa shape index (κ2) is 11.5. The van der Waals surface area contributed by atoms with Crippen molar-refractivity contribution in [1.82, 2.24) is 25.8 Å². The molecule has 0 radical (unpaired) electrons. The number of urea groups is 1. The molecule has 192 valence electrons. The highest BCUT2D eigenvalue weighted by atomic mass is 35.5. The van der Waals surface area contributed by atoms with Gasteiger partial charge in [0.2, 0.25) is 11.8 Å². The molecule has 6 amide bonds. The fraction of sp³-hybridized carbons (Fsp3) is 0.381. The van der Waals surface area contributed by atoms with Crippen LogP contribution in [0.2, 0.25) is 5.02 Å². The first-order valence-corrected chi connectivity index (χ1v) is 11.2. The van der Waals surface area contributed by atoms with Crippen LogP contribution in [0.4, 0.5) is 10.5 Å². The van der Waals surface area contributed by atoms with Gasteiger partial charge in [0.05, 0.1) is 19.0 Å². The lowest BCUT2D eigenvalue weighted by molar-refractivity contribution is -0.155. The predicted molar refractivity (Wildman–Crippen MR) is 122 cm³/mol. The largest absolute Gasteiger partial charge is 0.481 e. The number of benzene rings is 1. The molecule has 0 spiro atoms. The molecular formula is C21H23ClN6O8. The Morgan fingerprint density at radius 2 is 1.81 bits per heavy atom. The van der Waals surface area contributed by atoms with Gasteiger partial charge >= 0.3 is 23.8 Å². The van der Waals surface area contributed by atoms with Crippen LogP contribution in [-0.2, 0) is 28.8 Å². The molecule has 15 heteroatoms. The molecule has 0 aromatic heterocycles. The summed E-state index contributed by atoms with van der Waals surface area (Å²) in [6.45, 7) is -0.144. The summed E-state index contributed by atoms with van der Waals surface area (Å²) in [5, 5.41) is 16.6. The molecule has 2 fully saturated rings.